The molecule has 82 valence electrons. The van der Waals surface area contributed by atoms with Crippen LogP contribution in [0.25, 0.3) is 0 Å². The Hall–Kier alpha value is 0.640. The molecule has 0 unspecified atom stereocenters. The third kappa shape index (κ3) is 6.96. The van der Waals surface area contributed by atoms with Gasteiger partial charge in [-0.2, -0.15) is 0 Å². The number of hydrogen-bond donors (Lipinski definition) is 0. The van der Waals surface area contributed by atoms with Crippen LogP contribution in [0.3, 0.4) is 0 Å². The summed E-state index contributed by atoms with van der Waals surface area (Å²) in [6, 6.07) is 5.55. The molecule has 0 aliphatic rings. The van der Waals surface area contributed by atoms with Crippen molar-refractivity contribution in [2.75, 3.05) is 7.11 Å². The summed E-state index contributed by atoms with van der Waals surface area (Å²) in [4.78, 5) is 31.1. The van der Waals surface area contributed by atoms with Crippen molar-refractivity contribution in [2.24, 2.45) is 0 Å². The van der Waals surface area contributed by atoms with Gasteiger partial charge in [0.1, 0.15) is 11.5 Å². The molecule has 17 heavy (non-hydrogen) atoms. The number of benzene rings is 1. The van der Waals surface area contributed by atoms with Gasteiger partial charge in [-0.25, -0.2) is 4.79 Å². The molecule has 0 aliphatic carbocycles. The first-order valence-corrected chi connectivity index (χ1v) is 5.36. The van der Waals surface area contributed by atoms with Crippen LogP contribution in [0.2, 0.25) is 0 Å². The fourth-order valence-corrected chi connectivity index (χ4v) is 1.02. The summed E-state index contributed by atoms with van der Waals surface area (Å²) in [5.41, 5.74) is -1.80. The van der Waals surface area contributed by atoms with Gasteiger partial charge in [0, 0.05) is 7.60 Å². The van der Waals surface area contributed by atoms with Crippen molar-refractivity contribution in [3.63, 3.8) is 0 Å². The Bertz CT molecular complexity index is 401. The average Bonchev–Trinajstić information content (AvgIpc) is 2.17. The molecule has 0 spiro atoms. The number of carbonyl (C=O) groups is 1. The third-order valence-corrected chi connectivity index (χ3v) is 2.03. The minimum atomic E-state index is -5.33. The van der Waals surface area contributed by atoms with Crippen molar-refractivity contribution in [2.45, 2.75) is 0 Å². The predicted octanol–water partition coefficient (Wildman–Crippen LogP) is -5.88. The van der Waals surface area contributed by atoms with Crippen LogP contribution < -0.4 is 78.4 Å². The molecule has 0 aliphatic heterocycles. The van der Waals surface area contributed by atoms with Crippen LogP contribution in [0.1, 0.15) is 0 Å². The van der Waals surface area contributed by atoms with E-state index in [4.69, 9.17) is 4.74 Å². The zero-order chi connectivity index (χ0) is 11.5. The number of rotatable bonds is 3. The maximum absolute atomic E-state index is 10.6. The molecular formula is C8H7Na2O6P. The van der Waals surface area contributed by atoms with Crippen molar-refractivity contribution < 1.29 is 87.7 Å². The smallest absolute Gasteiger partial charge is 0.803 e. The van der Waals surface area contributed by atoms with E-state index in [2.05, 4.69) is 4.74 Å². The molecule has 0 saturated heterocycles. The number of carbonyl (C=O) groups excluding carboxylic acids is 1. The van der Waals surface area contributed by atoms with E-state index in [1.807, 2.05) is 0 Å². The molecule has 0 aromatic heterocycles. The first-order chi connectivity index (χ1) is 6.93. The fourth-order valence-electron chi connectivity index (χ4n) is 0.800. The largest absolute Gasteiger partial charge is 1.00 e. The first-order valence-electron chi connectivity index (χ1n) is 3.82. The normalized spacial score (nSPS) is 9.59. The van der Waals surface area contributed by atoms with Crippen LogP contribution in [-0.2, 0) is 4.57 Å². The van der Waals surface area contributed by atoms with E-state index in [1.165, 1.54) is 31.4 Å². The Labute approximate surface area is 142 Å². The summed E-state index contributed by atoms with van der Waals surface area (Å²) in [6.45, 7) is 0. The minimum Gasteiger partial charge on any atom is -0.803 e. The third-order valence-electron chi connectivity index (χ3n) is 1.49. The predicted molar refractivity (Wildman–Crippen MR) is 46.6 cm³/mol. The molecule has 1 aromatic rings. The van der Waals surface area contributed by atoms with Gasteiger partial charge in [0.2, 0.25) is 0 Å². The molecule has 6 nitrogen and oxygen atoms in total. The second-order valence-corrected chi connectivity index (χ2v) is 3.90. The summed E-state index contributed by atoms with van der Waals surface area (Å²) in [7, 11) is -3.88. The molecule has 0 amide bonds. The number of methoxy groups -OCH3 is 1. The summed E-state index contributed by atoms with van der Waals surface area (Å²) in [5, 5.41) is 0. The van der Waals surface area contributed by atoms with Crippen molar-refractivity contribution in [1.82, 2.24) is 0 Å². The van der Waals surface area contributed by atoms with Gasteiger partial charge in [-0.3, -0.25) is 0 Å². The Morgan fingerprint density at radius 3 is 1.88 bits per heavy atom. The van der Waals surface area contributed by atoms with Crippen molar-refractivity contribution in [3.8, 4) is 11.5 Å². The van der Waals surface area contributed by atoms with Crippen LogP contribution in [0.4, 0.5) is 4.79 Å². The second-order valence-electron chi connectivity index (χ2n) is 2.54. The van der Waals surface area contributed by atoms with Gasteiger partial charge in [0.15, 0.2) is 0 Å². The molecule has 0 saturated carbocycles. The molecule has 1 aromatic carbocycles. The van der Waals surface area contributed by atoms with Crippen LogP contribution >= 0.6 is 7.60 Å². The van der Waals surface area contributed by atoms with Gasteiger partial charge in [0.05, 0.1) is 7.11 Å². The Balaban J connectivity index is 0. The van der Waals surface area contributed by atoms with E-state index in [0.29, 0.717) is 5.75 Å². The standard InChI is InChI=1S/C8H9O6P.2Na/c1-13-6-2-4-7(5-3-6)14-8(9)15(10,11)12;;/h2-5H,1H3,(H2,10,11,12);;/q;2*+1/p-2. The molecular weight excluding hydrogens is 269 g/mol. The molecule has 0 fully saturated rings. The van der Waals surface area contributed by atoms with Crippen LogP contribution in [0.15, 0.2) is 24.3 Å². The zero-order valence-electron chi connectivity index (χ0n) is 9.71. The van der Waals surface area contributed by atoms with E-state index >= 15 is 0 Å². The summed E-state index contributed by atoms with van der Waals surface area (Å²) in [5.74, 6) is 0.481. The van der Waals surface area contributed by atoms with E-state index in [9.17, 15) is 19.1 Å². The Morgan fingerprint density at radius 2 is 1.53 bits per heavy atom. The van der Waals surface area contributed by atoms with Crippen LogP contribution in [0.5, 0.6) is 11.5 Å². The summed E-state index contributed by atoms with van der Waals surface area (Å²) in [6.07, 6.45) is 0. The number of ether oxygens (including phenoxy) is 2. The SMILES string of the molecule is COc1ccc(OC(=O)P(=O)([O-])[O-])cc1.[Na+].[Na+]. The van der Waals surface area contributed by atoms with Crippen LogP contribution in [0, 0.1) is 0 Å². The summed E-state index contributed by atoms with van der Waals surface area (Å²) >= 11 is 0. The van der Waals surface area contributed by atoms with E-state index < -0.39 is 13.3 Å². The average molecular weight is 276 g/mol. The Kier molecular flexibility index (Phi) is 10.2. The molecule has 0 N–H and O–H groups in total. The van der Waals surface area contributed by atoms with Crippen molar-refractivity contribution in [1.29, 1.82) is 0 Å². The molecule has 0 radical (unpaired) electrons. The molecule has 9 heteroatoms. The minimum absolute atomic E-state index is 0. The molecule has 0 bridgehead atoms. The molecule has 1 rings (SSSR count). The maximum Gasteiger partial charge on any atom is 1.00 e. The van der Waals surface area contributed by atoms with E-state index in [0.717, 1.165) is 0 Å². The van der Waals surface area contributed by atoms with Gasteiger partial charge in [-0.15, -0.1) is 0 Å². The van der Waals surface area contributed by atoms with Crippen molar-refractivity contribution in [3.05, 3.63) is 24.3 Å². The van der Waals surface area contributed by atoms with Gasteiger partial charge in [0.25, 0.3) is 0 Å². The van der Waals surface area contributed by atoms with Gasteiger partial charge in [-0.05, 0) is 24.3 Å². The molecule has 0 heterocycles. The van der Waals surface area contributed by atoms with Gasteiger partial charge < -0.3 is 23.8 Å². The fraction of sp³-hybridized carbons (Fsp3) is 0.125. The molecule has 0 atom stereocenters. The van der Waals surface area contributed by atoms with Gasteiger partial charge in [-0.1, -0.05) is 0 Å². The topological polar surface area (TPSA) is 98.7 Å². The quantitative estimate of drug-likeness (QED) is 0.403. The first kappa shape index (κ1) is 20.0. The van der Waals surface area contributed by atoms with Gasteiger partial charge >= 0.3 is 64.8 Å². The van der Waals surface area contributed by atoms with Crippen molar-refractivity contribution >= 4 is 13.3 Å². The number of hydrogen-bond acceptors (Lipinski definition) is 6. The zero-order valence-corrected chi connectivity index (χ0v) is 14.6. The Morgan fingerprint density at radius 1 is 1.12 bits per heavy atom. The summed E-state index contributed by atoms with van der Waals surface area (Å²) < 4.78 is 19.4. The second kappa shape index (κ2) is 8.69. The van der Waals surface area contributed by atoms with Crippen LogP contribution in [-0.4, -0.2) is 12.8 Å². The van der Waals surface area contributed by atoms with E-state index in [1.54, 1.807) is 0 Å². The maximum atomic E-state index is 10.6. The van der Waals surface area contributed by atoms with E-state index in [-0.39, 0.29) is 64.9 Å². The monoisotopic (exact) mass is 276 g/mol.